The quantitative estimate of drug-likeness (QED) is 0.806. The van der Waals surface area contributed by atoms with Crippen LogP contribution in [0.4, 0.5) is 5.69 Å². The van der Waals surface area contributed by atoms with Crippen molar-refractivity contribution < 1.29 is 9.59 Å². The van der Waals surface area contributed by atoms with Crippen LogP contribution in [0.15, 0.2) is 24.3 Å². The van der Waals surface area contributed by atoms with Crippen LogP contribution in [0, 0.1) is 11.8 Å². The van der Waals surface area contributed by atoms with Crippen molar-refractivity contribution >= 4 is 17.5 Å². The van der Waals surface area contributed by atoms with Crippen molar-refractivity contribution in [3.8, 4) is 0 Å². The molecule has 1 aromatic carbocycles. The molecule has 4 rings (SSSR count). The molecule has 2 unspecified atom stereocenters. The second kappa shape index (κ2) is 8.01. The van der Waals surface area contributed by atoms with E-state index in [1.165, 1.54) is 0 Å². The van der Waals surface area contributed by atoms with Gasteiger partial charge in [-0.2, -0.15) is 0 Å². The second-order valence-corrected chi connectivity index (χ2v) is 8.53. The van der Waals surface area contributed by atoms with Gasteiger partial charge in [-0.15, -0.1) is 0 Å². The maximum atomic E-state index is 13.0. The Morgan fingerprint density at radius 1 is 0.963 bits per heavy atom. The largest absolute Gasteiger partial charge is 0.334 e. The van der Waals surface area contributed by atoms with E-state index in [4.69, 9.17) is 5.73 Å². The van der Waals surface area contributed by atoms with E-state index >= 15 is 0 Å². The van der Waals surface area contributed by atoms with Gasteiger partial charge in [-0.25, -0.2) is 0 Å². The summed E-state index contributed by atoms with van der Waals surface area (Å²) >= 11 is 0. The first-order valence-electron chi connectivity index (χ1n) is 10.6. The Hall–Kier alpha value is -1.88. The lowest BCUT2D eigenvalue weighted by Crippen LogP contribution is -2.52. The number of nitrogens with zero attached hydrogens (tertiary/aromatic N) is 1. The van der Waals surface area contributed by atoms with Crippen LogP contribution in [-0.2, 0) is 16.1 Å². The number of carbonyl (C=O) groups excluding carboxylic acids is 2. The number of hydrogen-bond acceptors (Lipinski definition) is 3. The third kappa shape index (κ3) is 4.18. The second-order valence-electron chi connectivity index (χ2n) is 8.53. The number of carbonyl (C=O) groups is 2. The number of para-hydroxylation sites is 1. The molecule has 5 nitrogen and oxygen atoms in total. The topological polar surface area (TPSA) is 75.4 Å². The predicted molar refractivity (Wildman–Crippen MR) is 106 cm³/mol. The number of amides is 2. The molecule has 0 radical (unpaired) electrons. The smallest absolute Gasteiger partial charge is 0.227 e. The van der Waals surface area contributed by atoms with Crippen LogP contribution in [-0.4, -0.2) is 28.8 Å². The fourth-order valence-corrected chi connectivity index (χ4v) is 4.32. The molecule has 3 saturated carbocycles. The molecule has 2 atom stereocenters. The van der Waals surface area contributed by atoms with E-state index in [1.807, 2.05) is 29.2 Å². The van der Waals surface area contributed by atoms with Gasteiger partial charge in [0.05, 0.1) is 0 Å². The third-order valence-electron chi connectivity index (χ3n) is 6.48. The summed E-state index contributed by atoms with van der Waals surface area (Å²) in [6.07, 6.45) is 9.35. The molecule has 3 aliphatic carbocycles. The van der Waals surface area contributed by atoms with Crippen LogP contribution >= 0.6 is 0 Å². The molecule has 146 valence electrons. The Kier molecular flexibility index (Phi) is 5.48. The molecule has 0 aromatic heterocycles. The zero-order valence-corrected chi connectivity index (χ0v) is 16.0. The van der Waals surface area contributed by atoms with Crippen molar-refractivity contribution in [3.63, 3.8) is 0 Å². The zero-order chi connectivity index (χ0) is 18.8. The van der Waals surface area contributed by atoms with E-state index < -0.39 is 0 Å². The fraction of sp³-hybridized carbons (Fsp3) is 0.636. The molecule has 0 spiro atoms. The van der Waals surface area contributed by atoms with Gasteiger partial charge in [0.1, 0.15) is 0 Å². The van der Waals surface area contributed by atoms with Crippen molar-refractivity contribution in [3.05, 3.63) is 29.8 Å². The first kappa shape index (κ1) is 18.5. The van der Waals surface area contributed by atoms with Crippen LogP contribution < -0.4 is 11.1 Å². The maximum Gasteiger partial charge on any atom is 0.227 e. The summed E-state index contributed by atoms with van der Waals surface area (Å²) in [6.45, 7) is 0.537. The van der Waals surface area contributed by atoms with Gasteiger partial charge in [-0.1, -0.05) is 37.5 Å². The third-order valence-corrected chi connectivity index (χ3v) is 6.48. The Labute approximate surface area is 161 Å². The van der Waals surface area contributed by atoms with E-state index in [-0.39, 0.29) is 35.7 Å². The van der Waals surface area contributed by atoms with Crippen LogP contribution in [0.25, 0.3) is 0 Å². The molecule has 3 N–H and O–H groups in total. The number of anilines is 1. The number of hydrogen-bond donors (Lipinski definition) is 2. The van der Waals surface area contributed by atoms with Gasteiger partial charge in [0.25, 0.3) is 0 Å². The lowest BCUT2D eigenvalue weighted by molar-refractivity contribution is -0.136. The van der Waals surface area contributed by atoms with Gasteiger partial charge in [0.2, 0.25) is 11.8 Å². The fourth-order valence-electron chi connectivity index (χ4n) is 4.32. The molecule has 0 saturated heterocycles. The van der Waals surface area contributed by atoms with E-state index in [2.05, 4.69) is 5.32 Å². The van der Waals surface area contributed by atoms with E-state index in [1.54, 1.807) is 0 Å². The normalized spacial score (nSPS) is 25.5. The molecule has 0 bridgehead atoms. The highest BCUT2D eigenvalue weighted by Gasteiger charge is 2.39. The summed E-state index contributed by atoms with van der Waals surface area (Å²) < 4.78 is 0. The highest BCUT2D eigenvalue weighted by molar-refractivity contribution is 5.93. The van der Waals surface area contributed by atoms with E-state index in [0.717, 1.165) is 69.0 Å². The lowest BCUT2D eigenvalue weighted by atomic mass is 9.84. The zero-order valence-electron chi connectivity index (χ0n) is 16.0. The van der Waals surface area contributed by atoms with Crippen LogP contribution in [0.5, 0.6) is 0 Å². The van der Waals surface area contributed by atoms with Crippen molar-refractivity contribution in [2.45, 2.75) is 76.4 Å². The molecular weight excluding hydrogens is 338 g/mol. The van der Waals surface area contributed by atoms with E-state index in [0.29, 0.717) is 6.54 Å². The Morgan fingerprint density at radius 3 is 2.37 bits per heavy atom. The molecule has 2 amide bonds. The van der Waals surface area contributed by atoms with Crippen molar-refractivity contribution in [2.75, 3.05) is 5.32 Å². The molecule has 0 aliphatic heterocycles. The minimum absolute atomic E-state index is 0.0539. The van der Waals surface area contributed by atoms with Gasteiger partial charge in [0, 0.05) is 36.2 Å². The van der Waals surface area contributed by atoms with Crippen molar-refractivity contribution in [1.82, 2.24) is 4.90 Å². The molecule has 0 heterocycles. The number of nitrogens with one attached hydrogen (secondary N) is 1. The lowest BCUT2D eigenvalue weighted by Gasteiger charge is -2.39. The number of benzene rings is 1. The van der Waals surface area contributed by atoms with Gasteiger partial charge >= 0.3 is 0 Å². The van der Waals surface area contributed by atoms with E-state index in [9.17, 15) is 9.59 Å². The van der Waals surface area contributed by atoms with Crippen LogP contribution in [0.1, 0.15) is 63.4 Å². The summed E-state index contributed by atoms with van der Waals surface area (Å²) in [6, 6.07) is 8.07. The molecular formula is C22H31N3O2. The summed E-state index contributed by atoms with van der Waals surface area (Å²) in [7, 11) is 0. The molecule has 3 aliphatic rings. The van der Waals surface area contributed by atoms with Crippen molar-refractivity contribution in [2.24, 2.45) is 17.6 Å². The van der Waals surface area contributed by atoms with Crippen LogP contribution in [0.2, 0.25) is 0 Å². The minimum Gasteiger partial charge on any atom is -0.334 e. The SMILES string of the molecule is NC1CCCCC1N(Cc1ccccc1NC(=O)C1CCC1)C(=O)C1CC1. The number of rotatable bonds is 6. The summed E-state index contributed by atoms with van der Waals surface area (Å²) in [4.78, 5) is 27.5. The minimum atomic E-state index is 0.0539. The summed E-state index contributed by atoms with van der Waals surface area (Å²) in [5.74, 6) is 0.686. The van der Waals surface area contributed by atoms with Gasteiger partial charge in [-0.05, 0) is 50.2 Å². The van der Waals surface area contributed by atoms with Crippen LogP contribution in [0.3, 0.4) is 0 Å². The summed E-state index contributed by atoms with van der Waals surface area (Å²) in [5, 5.41) is 3.11. The maximum absolute atomic E-state index is 13.0. The predicted octanol–water partition coefficient (Wildman–Crippen LogP) is 3.43. The van der Waals surface area contributed by atoms with Gasteiger partial charge < -0.3 is 16.0 Å². The average molecular weight is 370 g/mol. The van der Waals surface area contributed by atoms with Gasteiger partial charge in [-0.3, -0.25) is 9.59 Å². The molecule has 27 heavy (non-hydrogen) atoms. The molecule has 5 heteroatoms. The highest BCUT2D eigenvalue weighted by atomic mass is 16.2. The standard InChI is InChI=1S/C22H31N3O2/c23-18-9-2-4-11-20(18)25(22(27)16-12-13-16)14-17-6-1-3-10-19(17)24-21(26)15-7-5-8-15/h1,3,6,10,15-16,18,20H,2,4-5,7-9,11-14,23H2,(H,24,26). The number of nitrogens with two attached hydrogens (primary N) is 1. The Morgan fingerprint density at radius 2 is 1.70 bits per heavy atom. The summed E-state index contributed by atoms with van der Waals surface area (Å²) in [5.41, 5.74) is 8.26. The first-order chi connectivity index (χ1) is 13.1. The molecule has 3 fully saturated rings. The monoisotopic (exact) mass is 369 g/mol. The Bertz CT molecular complexity index is 697. The first-order valence-corrected chi connectivity index (χ1v) is 10.6. The molecule has 1 aromatic rings. The Balaban J connectivity index is 1.53. The van der Waals surface area contributed by atoms with Gasteiger partial charge in [0.15, 0.2) is 0 Å². The average Bonchev–Trinajstić information content (AvgIpc) is 3.45. The highest BCUT2D eigenvalue weighted by Crippen LogP contribution is 2.35. The van der Waals surface area contributed by atoms with Crippen molar-refractivity contribution in [1.29, 1.82) is 0 Å².